The lowest BCUT2D eigenvalue weighted by atomic mass is 9.97. The molecule has 0 aromatic carbocycles. The van der Waals surface area contributed by atoms with Crippen LogP contribution in [0.5, 0.6) is 0 Å². The van der Waals surface area contributed by atoms with Gasteiger partial charge >= 0.3 is 15.6 Å². The maximum atomic E-state index is 12.3. The largest absolute Gasteiger partial charge is 0.483 e. The maximum Gasteiger partial charge on any atom is 0.483 e. The first-order chi connectivity index (χ1) is 15.4. The molecule has 0 aromatic rings. The lowest BCUT2D eigenvalue weighted by Crippen LogP contribution is -2.64. The van der Waals surface area contributed by atoms with E-state index in [1.54, 1.807) is 0 Å². The lowest BCUT2D eigenvalue weighted by Gasteiger charge is -2.42. The number of nitrogens with one attached hydrogen (secondary N) is 1. The van der Waals surface area contributed by atoms with Crippen LogP contribution in [0.25, 0.3) is 0 Å². The molecule has 1 fully saturated rings. The van der Waals surface area contributed by atoms with Crippen molar-refractivity contribution in [3.63, 3.8) is 0 Å². The Balaban J connectivity index is 2.57. The second-order valence-electron chi connectivity index (χ2n) is 7.87. The van der Waals surface area contributed by atoms with E-state index in [1.807, 2.05) is 0 Å². The van der Waals surface area contributed by atoms with Crippen molar-refractivity contribution < 1.29 is 57.1 Å². The van der Waals surface area contributed by atoms with Gasteiger partial charge in [0, 0.05) is 6.92 Å². The average Bonchev–Trinajstić information content (AvgIpc) is 2.70. The summed E-state index contributed by atoms with van der Waals surface area (Å²) in [4.78, 5) is 31.0. The zero-order valence-corrected chi connectivity index (χ0v) is 20.7. The first-order valence-corrected chi connectivity index (χ1v) is 14.0. The SMILES string of the molecule is CCCCCCCCCCOP(=O)(O)OP(=O)(O)O[C@H]1O[C@H](CO)[C@@H](O)[C@H](O)[C@H]1NC(C)=O. The van der Waals surface area contributed by atoms with E-state index < -0.39 is 58.8 Å². The lowest BCUT2D eigenvalue weighted by molar-refractivity contribution is -0.247. The van der Waals surface area contributed by atoms with Gasteiger partial charge in [-0.3, -0.25) is 13.8 Å². The van der Waals surface area contributed by atoms with Gasteiger partial charge in [0.15, 0.2) is 6.29 Å². The van der Waals surface area contributed by atoms with Crippen LogP contribution in [0.3, 0.4) is 0 Å². The van der Waals surface area contributed by atoms with Crippen LogP contribution in [0.2, 0.25) is 0 Å². The second kappa shape index (κ2) is 14.9. The summed E-state index contributed by atoms with van der Waals surface area (Å²) >= 11 is 0. The molecule has 0 spiro atoms. The summed E-state index contributed by atoms with van der Waals surface area (Å²) in [5.74, 6) is -0.693. The van der Waals surface area contributed by atoms with Crippen molar-refractivity contribution in [2.75, 3.05) is 13.2 Å². The third-order valence-corrected chi connectivity index (χ3v) is 7.58. The third kappa shape index (κ3) is 11.7. The molecular weight excluding hydrogens is 484 g/mol. The molecule has 2 unspecified atom stereocenters. The van der Waals surface area contributed by atoms with E-state index in [9.17, 15) is 39.0 Å². The molecule has 0 bridgehead atoms. The van der Waals surface area contributed by atoms with Crippen molar-refractivity contribution in [1.29, 1.82) is 0 Å². The number of phosphoric ester groups is 2. The normalized spacial score (nSPS) is 29.2. The minimum Gasteiger partial charge on any atom is -0.394 e. The predicted molar refractivity (Wildman–Crippen MR) is 116 cm³/mol. The Bertz CT molecular complexity index is 681. The molecule has 6 N–H and O–H groups in total. The molecule has 1 aliphatic rings. The highest BCUT2D eigenvalue weighted by molar-refractivity contribution is 7.61. The first kappa shape index (κ1) is 30.6. The molecule has 0 aromatic heterocycles. The van der Waals surface area contributed by atoms with Gasteiger partial charge in [-0.15, -0.1) is 0 Å². The number of hydrogen-bond acceptors (Lipinski definition) is 10. The molecule has 196 valence electrons. The first-order valence-electron chi connectivity index (χ1n) is 11.0. The van der Waals surface area contributed by atoms with E-state index in [2.05, 4.69) is 16.6 Å². The summed E-state index contributed by atoms with van der Waals surface area (Å²) in [5, 5.41) is 31.5. The fourth-order valence-corrected chi connectivity index (χ4v) is 5.47. The number of carbonyl (C=O) groups is 1. The van der Waals surface area contributed by atoms with Crippen molar-refractivity contribution in [2.45, 2.75) is 95.9 Å². The number of hydrogen-bond donors (Lipinski definition) is 6. The van der Waals surface area contributed by atoms with Crippen molar-refractivity contribution in [1.82, 2.24) is 5.32 Å². The van der Waals surface area contributed by atoms with Gasteiger partial charge in [0.1, 0.15) is 24.4 Å². The van der Waals surface area contributed by atoms with Crippen molar-refractivity contribution >= 4 is 21.6 Å². The molecule has 0 saturated carbocycles. The monoisotopic (exact) mass is 521 g/mol. The number of carbonyl (C=O) groups excluding carboxylic acids is 1. The third-order valence-electron chi connectivity index (χ3n) is 4.95. The summed E-state index contributed by atoms with van der Waals surface area (Å²) in [6.07, 6.45) is 1.07. The number of phosphoric acid groups is 2. The van der Waals surface area contributed by atoms with E-state index in [1.165, 1.54) is 12.8 Å². The van der Waals surface area contributed by atoms with Gasteiger partial charge in [0.2, 0.25) is 5.91 Å². The molecule has 0 radical (unpaired) electrons. The molecular formula is C18H37NO12P2. The molecule has 1 rings (SSSR count). The summed E-state index contributed by atoms with van der Waals surface area (Å²) in [5.41, 5.74) is 0. The minimum absolute atomic E-state index is 0.186. The average molecular weight is 521 g/mol. The maximum absolute atomic E-state index is 12.3. The van der Waals surface area contributed by atoms with Gasteiger partial charge in [-0.05, 0) is 6.42 Å². The van der Waals surface area contributed by atoms with Crippen LogP contribution in [0.15, 0.2) is 0 Å². The zero-order chi connectivity index (χ0) is 25.1. The highest BCUT2D eigenvalue weighted by Crippen LogP contribution is 2.61. The molecule has 1 aliphatic heterocycles. The van der Waals surface area contributed by atoms with Gasteiger partial charge < -0.3 is 35.2 Å². The van der Waals surface area contributed by atoms with Crippen LogP contribution in [0.1, 0.15) is 65.2 Å². The van der Waals surface area contributed by atoms with Gasteiger partial charge in [0.25, 0.3) is 0 Å². The van der Waals surface area contributed by atoms with E-state index in [4.69, 9.17) is 13.8 Å². The summed E-state index contributed by atoms with van der Waals surface area (Å²) in [7, 11) is -10.3. The highest BCUT2D eigenvalue weighted by atomic mass is 31.3. The number of aliphatic hydroxyl groups is 3. The fraction of sp³-hybridized carbons (Fsp3) is 0.944. The number of amides is 1. The number of ether oxygens (including phenoxy) is 1. The Hall–Kier alpha value is -0.430. The molecule has 13 nitrogen and oxygen atoms in total. The Morgan fingerprint density at radius 3 is 2.09 bits per heavy atom. The molecule has 1 heterocycles. The molecule has 1 saturated heterocycles. The van der Waals surface area contributed by atoms with E-state index in [0.717, 1.165) is 39.0 Å². The van der Waals surface area contributed by atoms with E-state index in [-0.39, 0.29) is 6.61 Å². The van der Waals surface area contributed by atoms with Crippen molar-refractivity contribution in [2.24, 2.45) is 0 Å². The van der Waals surface area contributed by atoms with Gasteiger partial charge in [-0.25, -0.2) is 9.13 Å². The van der Waals surface area contributed by atoms with Crippen LogP contribution in [-0.4, -0.2) is 74.9 Å². The van der Waals surface area contributed by atoms with Crippen molar-refractivity contribution in [3.8, 4) is 0 Å². The smallest absolute Gasteiger partial charge is 0.394 e. The second-order valence-corrected chi connectivity index (χ2v) is 10.9. The Morgan fingerprint density at radius 2 is 1.55 bits per heavy atom. The minimum atomic E-state index is -5.31. The van der Waals surface area contributed by atoms with Crippen LogP contribution >= 0.6 is 15.6 Å². The number of aliphatic hydroxyl groups excluding tert-OH is 3. The highest BCUT2D eigenvalue weighted by Gasteiger charge is 2.49. The summed E-state index contributed by atoms with van der Waals surface area (Å²) in [6, 6.07) is -1.54. The van der Waals surface area contributed by atoms with Crippen LogP contribution in [0, 0.1) is 0 Å². The molecule has 0 aliphatic carbocycles. The molecule has 33 heavy (non-hydrogen) atoms. The Morgan fingerprint density at radius 1 is 0.970 bits per heavy atom. The summed E-state index contributed by atoms with van der Waals surface area (Å²) in [6.45, 7) is 2.23. The van der Waals surface area contributed by atoms with Crippen LogP contribution < -0.4 is 5.32 Å². The van der Waals surface area contributed by atoms with Gasteiger partial charge in [-0.2, -0.15) is 4.31 Å². The van der Waals surface area contributed by atoms with Crippen molar-refractivity contribution in [3.05, 3.63) is 0 Å². The molecule has 7 atom stereocenters. The summed E-state index contributed by atoms with van der Waals surface area (Å²) < 4.78 is 43.1. The fourth-order valence-electron chi connectivity index (χ4n) is 3.28. The molecule has 1 amide bonds. The standard InChI is InChI=1S/C18H37NO12P2/c1-3-4-5-6-7-8-9-10-11-28-32(24,25)31-33(26,27)30-18-15(19-13(2)21)17(23)16(22)14(12-20)29-18/h14-18,20,22-23H,3-12H2,1-2H3,(H,19,21)(H,24,25)(H,26,27)/t14-,15-,16-,17-,18-/m1/s1. The van der Waals surface area contributed by atoms with Crippen LogP contribution in [-0.2, 0) is 32.0 Å². The van der Waals surface area contributed by atoms with Crippen LogP contribution in [0.4, 0.5) is 0 Å². The number of rotatable bonds is 16. The quantitative estimate of drug-likeness (QED) is 0.126. The topological polar surface area (TPSA) is 201 Å². The Kier molecular flexibility index (Phi) is 13.8. The number of unbranched alkanes of at least 4 members (excludes halogenated alkanes) is 7. The van der Waals surface area contributed by atoms with Gasteiger partial charge in [0.05, 0.1) is 13.2 Å². The van der Waals surface area contributed by atoms with E-state index >= 15 is 0 Å². The molecule has 15 heteroatoms. The van der Waals surface area contributed by atoms with Gasteiger partial charge in [-0.1, -0.05) is 51.9 Å². The zero-order valence-electron chi connectivity index (χ0n) is 18.9. The van der Waals surface area contributed by atoms with E-state index in [0.29, 0.717) is 6.42 Å². The Labute approximate surface area is 193 Å². The predicted octanol–water partition coefficient (Wildman–Crippen LogP) is 1.32.